The Bertz CT molecular complexity index is 518. The molecule has 0 bridgehead atoms. The van der Waals surface area contributed by atoms with Gasteiger partial charge in [-0.15, -0.1) is 11.3 Å². The smallest absolute Gasteiger partial charge is 0.252 e. The second-order valence-electron chi connectivity index (χ2n) is 3.40. The van der Waals surface area contributed by atoms with Gasteiger partial charge in [-0.2, -0.15) is 4.31 Å². The van der Waals surface area contributed by atoms with E-state index in [9.17, 15) is 18.3 Å². The fourth-order valence-electron chi connectivity index (χ4n) is 1.35. The number of sulfonamides is 1. The van der Waals surface area contributed by atoms with Crippen LogP contribution in [0.25, 0.3) is 0 Å². The number of hydrogen-bond donors (Lipinski definition) is 0. The number of carbonyl (C=O) groups is 1. The highest BCUT2D eigenvalue weighted by Crippen LogP contribution is 2.31. The molecule has 0 saturated carbocycles. The third-order valence-electron chi connectivity index (χ3n) is 2.32. The zero-order valence-corrected chi connectivity index (χ0v) is 10.3. The molecule has 0 unspecified atom stereocenters. The zero-order chi connectivity index (χ0) is 11.9. The van der Waals surface area contributed by atoms with E-state index in [0.29, 0.717) is 4.34 Å². The fourth-order valence-corrected chi connectivity index (χ4v) is 4.51. The van der Waals surface area contributed by atoms with Gasteiger partial charge in [0.15, 0.2) is 0 Å². The first-order valence-electron chi connectivity index (χ1n) is 4.37. The molecule has 88 valence electrons. The van der Waals surface area contributed by atoms with Gasteiger partial charge in [0.05, 0.1) is 4.34 Å². The lowest BCUT2D eigenvalue weighted by Crippen LogP contribution is -2.56. The molecule has 16 heavy (non-hydrogen) atoms. The van der Waals surface area contributed by atoms with Crippen molar-refractivity contribution in [2.24, 2.45) is 5.92 Å². The molecule has 0 amide bonds. The van der Waals surface area contributed by atoms with Gasteiger partial charge in [-0.1, -0.05) is 11.6 Å². The molecule has 1 aliphatic rings. The summed E-state index contributed by atoms with van der Waals surface area (Å²) >= 11 is 6.60. The molecule has 2 rings (SSSR count). The van der Waals surface area contributed by atoms with Crippen LogP contribution in [0.5, 0.6) is 0 Å². The predicted molar refractivity (Wildman–Crippen MR) is 56.6 cm³/mol. The number of aliphatic carboxylic acids is 1. The third kappa shape index (κ3) is 1.95. The molecule has 0 aromatic carbocycles. The van der Waals surface area contributed by atoms with E-state index in [1.165, 1.54) is 12.1 Å². The van der Waals surface area contributed by atoms with E-state index >= 15 is 0 Å². The molecule has 0 spiro atoms. The number of hydrogen-bond acceptors (Lipinski definition) is 5. The van der Waals surface area contributed by atoms with Crippen molar-refractivity contribution in [1.82, 2.24) is 4.31 Å². The summed E-state index contributed by atoms with van der Waals surface area (Å²) in [6.45, 7) is -0.0552. The number of halogens is 1. The minimum Gasteiger partial charge on any atom is -0.550 e. The van der Waals surface area contributed by atoms with Gasteiger partial charge >= 0.3 is 0 Å². The molecule has 0 atom stereocenters. The molecular formula is C8H7ClNO4S2-. The maximum atomic E-state index is 11.9. The minimum atomic E-state index is -3.57. The second-order valence-corrected chi connectivity index (χ2v) is 7.28. The molecule has 5 nitrogen and oxygen atoms in total. The van der Waals surface area contributed by atoms with E-state index in [1.807, 2.05) is 0 Å². The highest BCUT2D eigenvalue weighted by molar-refractivity contribution is 7.91. The third-order valence-corrected chi connectivity index (χ3v) is 5.85. The van der Waals surface area contributed by atoms with E-state index in [2.05, 4.69) is 0 Å². The number of carboxylic acid groups (broad SMARTS) is 1. The van der Waals surface area contributed by atoms with Crippen LogP contribution in [0.3, 0.4) is 0 Å². The maximum absolute atomic E-state index is 11.9. The Kier molecular flexibility index (Phi) is 2.95. The monoisotopic (exact) mass is 280 g/mol. The van der Waals surface area contributed by atoms with Crippen LogP contribution in [-0.2, 0) is 14.8 Å². The van der Waals surface area contributed by atoms with Gasteiger partial charge < -0.3 is 9.90 Å². The van der Waals surface area contributed by atoms with Crippen molar-refractivity contribution in [2.45, 2.75) is 4.21 Å². The van der Waals surface area contributed by atoms with Gasteiger partial charge in [-0.05, 0) is 12.1 Å². The van der Waals surface area contributed by atoms with E-state index in [1.54, 1.807) is 0 Å². The Hall–Kier alpha value is -0.630. The quantitative estimate of drug-likeness (QED) is 0.766. The first-order chi connectivity index (χ1) is 7.41. The van der Waals surface area contributed by atoms with Crippen LogP contribution in [0, 0.1) is 5.92 Å². The Morgan fingerprint density at radius 3 is 2.56 bits per heavy atom. The number of nitrogens with zero attached hydrogens (tertiary/aromatic N) is 1. The van der Waals surface area contributed by atoms with E-state index in [4.69, 9.17) is 11.6 Å². The zero-order valence-electron chi connectivity index (χ0n) is 7.92. The van der Waals surface area contributed by atoms with Crippen LogP contribution in [0.4, 0.5) is 0 Å². The summed E-state index contributed by atoms with van der Waals surface area (Å²) in [4.78, 5) is 10.4. The molecule has 2 heterocycles. The number of carbonyl (C=O) groups excluding carboxylic acids is 1. The van der Waals surface area contributed by atoms with Crippen molar-refractivity contribution in [3.8, 4) is 0 Å². The van der Waals surface area contributed by atoms with Gasteiger partial charge in [-0.3, -0.25) is 0 Å². The van der Waals surface area contributed by atoms with E-state index < -0.39 is 21.9 Å². The summed E-state index contributed by atoms with van der Waals surface area (Å²) in [6, 6.07) is 2.91. The van der Waals surface area contributed by atoms with E-state index in [-0.39, 0.29) is 17.3 Å². The first kappa shape index (κ1) is 11.8. The van der Waals surface area contributed by atoms with Crippen molar-refractivity contribution in [1.29, 1.82) is 0 Å². The van der Waals surface area contributed by atoms with Crippen molar-refractivity contribution in [3.05, 3.63) is 16.5 Å². The summed E-state index contributed by atoms with van der Waals surface area (Å²) in [5, 5.41) is 10.4. The lowest BCUT2D eigenvalue weighted by Gasteiger charge is -2.37. The van der Waals surface area contributed by atoms with Gasteiger partial charge in [-0.25, -0.2) is 8.42 Å². The lowest BCUT2D eigenvalue weighted by atomic mass is 10.0. The second kappa shape index (κ2) is 3.99. The lowest BCUT2D eigenvalue weighted by molar-refractivity contribution is -0.314. The minimum absolute atomic E-state index is 0.0276. The maximum Gasteiger partial charge on any atom is 0.252 e. The number of rotatable bonds is 3. The molecule has 1 aromatic rings. The fraction of sp³-hybridized carbons (Fsp3) is 0.375. The van der Waals surface area contributed by atoms with Crippen molar-refractivity contribution < 1.29 is 18.3 Å². The standard InChI is InChI=1S/C8H8ClNO4S2/c9-6-1-2-7(15-6)16(13,14)10-3-5(4-10)8(11)12/h1-2,5H,3-4H2,(H,11,12)/p-1. The Morgan fingerprint density at radius 1 is 1.50 bits per heavy atom. The predicted octanol–water partition coefficient (Wildman–Crippen LogP) is -0.228. The number of carboxylic acids is 1. The van der Waals surface area contributed by atoms with Crippen LogP contribution in [0.15, 0.2) is 16.3 Å². The largest absolute Gasteiger partial charge is 0.550 e. The van der Waals surface area contributed by atoms with Crippen LogP contribution in [0.1, 0.15) is 0 Å². The Labute approximate surface area is 101 Å². The van der Waals surface area contributed by atoms with Crippen molar-refractivity contribution >= 4 is 38.9 Å². The summed E-state index contributed by atoms with van der Waals surface area (Å²) in [5.41, 5.74) is 0. The van der Waals surface area contributed by atoms with E-state index in [0.717, 1.165) is 15.6 Å². The number of thiophene rings is 1. The average molecular weight is 281 g/mol. The van der Waals surface area contributed by atoms with Crippen LogP contribution in [0.2, 0.25) is 4.34 Å². The molecule has 1 aliphatic heterocycles. The molecule has 1 fully saturated rings. The Balaban J connectivity index is 2.14. The first-order valence-corrected chi connectivity index (χ1v) is 7.01. The molecule has 0 aliphatic carbocycles. The SMILES string of the molecule is O=C([O-])C1CN(S(=O)(=O)c2ccc(Cl)s2)C1. The van der Waals surface area contributed by atoms with Crippen LogP contribution < -0.4 is 5.11 Å². The summed E-state index contributed by atoms with van der Waals surface area (Å²) < 4.78 is 25.3. The summed E-state index contributed by atoms with van der Waals surface area (Å²) in [7, 11) is -3.57. The normalized spacial score (nSPS) is 18.3. The summed E-state index contributed by atoms with van der Waals surface area (Å²) in [6.07, 6.45) is 0. The average Bonchev–Trinajstić information content (AvgIpc) is 2.47. The van der Waals surface area contributed by atoms with Gasteiger partial charge in [0, 0.05) is 25.0 Å². The molecule has 0 N–H and O–H groups in total. The highest BCUT2D eigenvalue weighted by Gasteiger charge is 2.37. The van der Waals surface area contributed by atoms with Crippen LogP contribution >= 0.6 is 22.9 Å². The molecule has 1 saturated heterocycles. The highest BCUT2D eigenvalue weighted by atomic mass is 35.5. The molecule has 8 heteroatoms. The van der Waals surface area contributed by atoms with Crippen molar-refractivity contribution in [2.75, 3.05) is 13.1 Å². The summed E-state index contributed by atoms with van der Waals surface area (Å²) in [5.74, 6) is -1.92. The molecule has 0 radical (unpaired) electrons. The van der Waals surface area contributed by atoms with Gasteiger partial charge in [0.1, 0.15) is 4.21 Å². The Morgan fingerprint density at radius 2 is 2.12 bits per heavy atom. The molecule has 1 aromatic heterocycles. The molecular weight excluding hydrogens is 274 g/mol. The van der Waals surface area contributed by atoms with Gasteiger partial charge in [0.2, 0.25) is 0 Å². The van der Waals surface area contributed by atoms with Crippen molar-refractivity contribution in [3.63, 3.8) is 0 Å². The van der Waals surface area contributed by atoms with Crippen LogP contribution in [-0.4, -0.2) is 31.8 Å². The topological polar surface area (TPSA) is 77.5 Å². The van der Waals surface area contributed by atoms with Gasteiger partial charge in [0.25, 0.3) is 10.0 Å².